The van der Waals surface area contributed by atoms with Crippen LogP contribution in [0.1, 0.15) is 46.1 Å². The highest BCUT2D eigenvalue weighted by Crippen LogP contribution is 2.31. The average molecular weight is 288 g/mol. The Bertz CT molecular complexity index is 493. The molecule has 0 aromatic heterocycles. The molecule has 2 N–H and O–H groups in total. The Labute approximate surface area is 128 Å². The Morgan fingerprint density at radius 3 is 2.52 bits per heavy atom. The summed E-state index contributed by atoms with van der Waals surface area (Å²) in [6.07, 6.45) is 1.44. The van der Waals surface area contributed by atoms with Crippen LogP contribution in [-0.4, -0.2) is 29.9 Å². The van der Waals surface area contributed by atoms with Gasteiger partial charge in [0.2, 0.25) is 5.91 Å². The molecule has 2 rings (SSSR count). The zero-order chi connectivity index (χ0) is 15.7. The first kappa shape index (κ1) is 16.0. The van der Waals surface area contributed by atoms with E-state index in [4.69, 9.17) is 5.73 Å². The molecule has 0 saturated carbocycles. The number of nitrogens with zero attached hydrogens (tertiary/aromatic N) is 1. The van der Waals surface area contributed by atoms with E-state index in [9.17, 15) is 4.79 Å². The first-order valence-electron chi connectivity index (χ1n) is 7.81. The smallest absolute Gasteiger partial charge is 0.223 e. The predicted molar refractivity (Wildman–Crippen MR) is 87.0 cm³/mol. The van der Waals surface area contributed by atoms with Gasteiger partial charge in [0.1, 0.15) is 0 Å². The van der Waals surface area contributed by atoms with E-state index in [1.165, 1.54) is 5.56 Å². The summed E-state index contributed by atoms with van der Waals surface area (Å²) in [5.74, 6) is 0.240. The van der Waals surface area contributed by atoms with Crippen LogP contribution in [0.25, 0.3) is 0 Å². The van der Waals surface area contributed by atoms with Crippen molar-refractivity contribution < 1.29 is 4.79 Å². The lowest BCUT2D eigenvalue weighted by Crippen LogP contribution is -2.54. The van der Waals surface area contributed by atoms with E-state index in [0.29, 0.717) is 6.42 Å². The molecule has 1 saturated heterocycles. The molecular weight excluding hydrogens is 260 g/mol. The van der Waals surface area contributed by atoms with Crippen molar-refractivity contribution in [3.63, 3.8) is 0 Å². The lowest BCUT2D eigenvalue weighted by atomic mass is 9.78. The molecular formula is C18H28N2O. The summed E-state index contributed by atoms with van der Waals surface area (Å²) in [5.41, 5.74) is 7.24. The molecule has 1 fully saturated rings. The van der Waals surface area contributed by atoms with Crippen molar-refractivity contribution in [2.75, 3.05) is 13.1 Å². The molecule has 116 valence electrons. The fourth-order valence-electron chi connectivity index (χ4n) is 3.07. The maximum Gasteiger partial charge on any atom is 0.223 e. The number of rotatable bonds is 3. The van der Waals surface area contributed by atoms with E-state index in [1.54, 1.807) is 0 Å². The fraction of sp³-hybridized carbons (Fsp3) is 0.611. The Morgan fingerprint density at radius 2 is 1.95 bits per heavy atom. The lowest BCUT2D eigenvalue weighted by Gasteiger charge is -2.43. The Kier molecular flexibility index (Phi) is 4.43. The summed E-state index contributed by atoms with van der Waals surface area (Å²) in [4.78, 5) is 14.7. The third-order valence-electron chi connectivity index (χ3n) is 4.81. The van der Waals surface area contributed by atoms with Gasteiger partial charge in [-0.25, -0.2) is 0 Å². The highest BCUT2D eigenvalue weighted by atomic mass is 16.2. The van der Waals surface area contributed by atoms with Gasteiger partial charge in [0.05, 0.1) is 0 Å². The largest absolute Gasteiger partial charge is 0.342 e. The van der Waals surface area contributed by atoms with Crippen LogP contribution in [0.4, 0.5) is 0 Å². The van der Waals surface area contributed by atoms with E-state index in [0.717, 1.165) is 19.5 Å². The topological polar surface area (TPSA) is 46.3 Å². The van der Waals surface area contributed by atoms with Gasteiger partial charge >= 0.3 is 0 Å². The second-order valence-corrected chi connectivity index (χ2v) is 7.63. The van der Waals surface area contributed by atoms with E-state index >= 15 is 0 Å². The third-order valence-corrected chi connectivity index (χ3v) is 4.81. The molecule has 0 aliphatic carbocycles. The number of hydrogen-bond acceptors (Lipinski definition) is 2. The molecule has 1 unspecified atom stereocenters. The molecule has 0 radical (unpaired) electrons. The van der Waals surface area contributed by atoms with Gasteiger partial charge in [-0.05, 0) is 22.8 Å². The lowest BCUT2D eigenvalue weighted by molar-refractivity contribution is -0.135. The highest BCUT2D eigenvalue weighted by molar-refractivity contribution is 5.78. The van der Waals surface area contributed by atoms with Crippen molar-refractivity contribution in [2.45, 2.75) is 52.0 Å². The second kappa shape index (κ2) is 5.80. The molecule has 1 aliphatic heterocycles. The predicted octanol–water partition coefficient (Wildman–Crippen LogP) is 2.94. The molecule has 1 amide bonds. The summed E-state index contributed by atoms with van der Waals surface area (Å²) in [6, 6.07) is 10.5. The van der Waals surface area contributed by atoms with Crippen LogP contribution in [0.2, 0.25) is 0 Å². The molecule has 3 heteroatoms. The van der Waals surface area contributed by atoms with Crippen LogP contribution >= 0.6 is 0 Å². The molecule has 0 spiro atoms. The van der Waals surface area contributed by atoms with Crippen molar-refractivity contribution in [1.82, 2.24) is 4.90 Å². The van der Waals surface area contributed by atoms with Gasteiger partial charge in [-0.2, -0.15) is 0 Å². The van der Waals surface area contributed by atoms with Gasteiger partial charge in [0, 0.05) is 25.6 Å². The van der Waals surface area contributed by atoms with Gasteiger partial charge in [-0.3, -0.25) is 4.79 Å². The molecule has 0 bridgehead atoms. The summed E-state index contributed by atoms with van der Waals surface area (Å²) in [5, 5.41) is 0. The zero-order valence-electron chi connectivity index (χ0n) is 13.7. The number of piperidine rings is 1. The normalized spacial score (nSPS) is 22.1. The highest BCUT2D eigenvalue weighted by Gasteiger charge is 2.36. The van der Waals surface area contributed by atoms with Crippen LogP contribution in [0.3, 0.4) is 0 Å². The number of amides is 1. The molecule has 3 nitrogen and oxygen atoms in total. The van der Waals surface area contributed by atoms with Gasteiger partial charge in [-0.1, -0.05) is 58.0 Å². The SMILES string of the molecule is CC(C)(CC(=O)N1CCC(N)C(C)(C)C1)c1ccccc1. The van der Waals surface area contributed by atoms with Crippen molar-refractivity contribution in [3.8, 4) is 0 Å². The quantitative estimate of drug-likeness (QED) is 0.929. The molecule has 1 aliphatic rings. The summed E-state index contributed by atoms with van der Waals surface area (Å²) in [6.45, 7) is 10.1. The van der Waals surface area contributed by atoms with Crippen LogP contribution in [0.5, 0.6) is 0 Å². The van der Waals surface area contributed by atoms with Gasteiger partial charge in [0.15, 0.2) is 0 Å². The van der Waals surface area contributed by atoms with Crippen molar-refractivity contribution >= 4 is 5.91 Å². The fourth-order valence-corrected chi connectivity index (χ4v) is 3.07. The number of carbonyl (C=O) groups excluding carboxylic acids is 1. The van der Waals surface area contributed by atoms with E-state index in [-0.39, 0.29) is 22.8 Å². The molecule has 1 heterocycles. The monoisotopic (exact) mass is 288 g/mol. The molecule has 1 atom stereocenters. The van der Waals surface area contributed by atoms with Crippen molar-refractivity contribution in [1.29, 1.82) is 0 Å². The summed E-state index contributed by atoms with van der Waals surface area (Å²) in [7, 11) is 0. The van der Waals surface area contributed by atoms with E-state index in [2.05, 4.69) is 39.8 Å². The Morgan fingerprint density at radius 1 is 1.33 bits per heavy atom. The zero-order valence-corrected chi connectivity index (χ0v) is 13.7. The Balaban J connectivity index is 2.05. The minimum atomic E-state index is -0.137. The standard InChI is InChI=1S/C18H28N2O/c1-17(2,14-8-6-5-7-9-14)12-16(21)20-11-10-15(19)18(3,4)13-20/h5-9,15H,10-13,19H2,1-4H3. The maximum absolute atomic E-state index is 12.7. The number of benzene rings is 1. The second-order valence-electron chi connectivity index (χ2n) is 7.63. The number of nitrogens with two attached hydrogens (primary N) is 1. The van der Waals surface area contributed by atoms with Crippen LogP contribution in [0.15, 0.2) is 30.3 Å². The molecule has 21 heavy (non-hydrogen) atoms. The number of hydrogen-bond donors (Lipinski definition) is 1. The van der Waals surface area contributed by atoms with Crippen LogP contribution in [-0.2, 0) is 10.2 Å². The maximum atomic E-state index is 12.7. The minimum absolute atomic E-state index is 0.00476. The number of likely N-dealkylation sites (tertiary alicyclic amines) is 1. The number of carbonyl (C=O) groups is 1. The van der Waals surface area contributed by atoms with E-state index in [1.807, 2.05) is 23.1 Å². The van der Waals surface area contributed by atoms with Gasteiger partial charge in [0.25, 0.3) is 0 Å². The van der Waals surface area contributed by atoms with Crippen molar-refractivity contribution in [2.24, 2.45) is 11.1 Å². The van der Waals surface area contributed by atoms with E-state index < -0.39 is 0 Å². The summed E-state index contributed by atoms with van der Waals surface area (Å²) < 4.78 is 0. The first-order valence-corrected chi connectivity index (χ1v) is 7.81. The third kappa shape index (κ3) is 3.65. The minimum Gasteiger partial charge on any atom is -0.342 e. The van der Waals surface area contributed by atoms with Crippen LogP contribution in [0, 0.1) is 5.41 Å². The van der Waals surface area contributed by atoms with Gasteiger partial charge < -0.3 is 10.6 Å². The summed E-state index contributed by atoms with van der Waals surface area (Å²) >= 11 is 0. The first-order chi connectivity index (χ1) is 9.72. The van der Waals surface area contributed by atoms with Crippen LogP contribution < -0.4 is 5.73 Å². The molecule has 1 aromatic rings. The van der Waals surface area contributed by atoms with Crippen molar-refractivity contribution in [3.05, 3.63) is 35.9 Å². The average Bonchev–Trinajstić information content (AvgIpc) is 2.42. The molecule has 1 aromatic carbocycles. The Hall–Kier alpha value is -1.35. The van der Waals surface area contributed by atoms with Gasteiger partial charge in [-0.15, -0.1) is 0 Å².